The van der Waals surface area contributed by atoms with Crippen LogP contribution in [0.2, 0.25) is 0 Å². The van der Waals surface area contributed by atoms with E-state index in [1.54, 1.807) is 0 Å². The van der Waals surface area contributed by atoms with Gasteiger partial charge in [0.15, 0.2) is 0 Å². The van der Waals surface area contributed by atoms with Crippen molar-refractivity contribution in [3.63, 3.8) is 0 Å². The Morgan fingerprint density at radius 3 is 2.12 bits per heavy atom. The Labute approximate surface area is 150 Å². The number of hydrogen-bond donors (Lipinski definition) is 1. The standard InChI is InChI=1S/C22H28N2O/c1-23-14-12-20(25)22(16-23)13-15-24(17-22)21(18-8-4-2-5-9-18)19-10-6-3-7-11-19/h2-11,20-21,25H,12-17H2,1H3. The van der Waals surface area contributed by atoms with Gasteiger partial charge in [0.2, 0.25) is 0 Å². The van der Waals surface area contributed by atoms with Crippen LogP contribution in [0, 0.1) is 5.41 Å². The van der Waals surface area contributed by atoms with Crippen LogP contribution in [0.5, 0.6) is 0 Å². The predicted octanol–water partition coefficient (Wildman–Crippen LogP) is 3.16. The third kappa shape index (κ3) is 3.24. The Kier molecular flexibility index (Phi) is 4.63. The van der Waals surface area contributed by atoms with E-state index < -0.39 is 0 Å². The molecule has 0 amide bonds. The first-order valence-electron chi connectivity index (χ1n) is 9.38. The second-order valence-corrected chi connectivity index (χ2v) is 7.85. The molecule has 2 aromatic carbocycles. The molecule has 2 heterocycles. The Morgan fingerprint density at radius 1 is 0.920 bits per heavy atom. The fraction of sp³-hybridized carbons (Fsp3) is 0.455. The first-order valence-corrected chi connectivity index (χ1v) is 9.38. The minimum absolute atomic E-state index is 0.0226. The van der Waals surface area contributed by atoms with E-state index in [9.17, 15) is 5.11 Å². The van der Waals surface area contributed by atoms with E-state index in [4.69, 9.17) is 0 Å². The van der Waals surface area contributed by atoms with Crippen LogP contribution < -0.4 is 0 Å². The van der Waals surface area contributed by atoms with Crippen LogP contribution in [0.3, 0.4) is 0 Å². The lowest BCUT2D eigenvalue weighted by Crippen LogP contribution is -2.52. The number of aliphatic hydroxyl groups excluding tert-OH is 1. The van der Waals surface area contributed by atoms with Gasteiger partial charge in [-0.3, -0.25) is 4.90 Å². The minimum atomic E-state index is -0.180. The summed E-state index contributed by atoms with van der Waals surface area (Å²) in [5.41, 5.74) is 2.70. The fourth-order valence-corrected chi connectivity index (χ4v) is 4.81. The van der Waals surface area contributed by atoms with Crippen LogP contribution in [-0.2, 0) is 0 Å². The summed E-state index contributed by atoms with van der Waals surface area (Å²) in [6, 6.07) is 21.8. The third-order valence-corrected chi connectivity index (χ3v) is 6.09. The van der Waals surface area contributed by atoms with Crippen LogP contribution in [0.1, 0.15) is 30.0 Å². The highest BCUT2D eigenvalue weighted by molar-refractivity contribution is 5.32. The largest absolute Gasteiger partial charge is 0.392 e. The molecule has 2 fully saturated rings. The third-order valence-electron chi connectivity index (χ3n) is 6.09. The zero-order valence-corrected chi connectivity index (χ0v) is 15.0. The summed E-state index contributed by atoms with van der Waals surface area (Å²) in [6.45, 7) is 4.01. The molecule has 1 spiro atoms. The fourth-order valence-electron chi connectivity index (χ4n) is 4.81. The second-order valence-electron chi connectivity index (χ2n) is 7.85. The van der Waals surface area contributed by atoms with E-state index in [2.05, 4.69) is 77.5 Å². The van der Waals surface area contributed by atoms with Gasteiger partial charge in [-0.15, -0.1) is 0 Å². The summed E-state index contributed by atoms with van der Waals surface area (Å²) in [5.74, 6) is 0. The average molecular weight is 336 g/mol. The second kappa shape index (κ2) is 6.91. The van der Waals surface area contributed by atoms with Crippen molar-refractivity contribution in [2.75, 3.05) is 33.2 Å². The molecule has 2 unspecified atom stereocenters. The van der Waals surface area contributed by atoms with Gasteiger partial charge in [-0.05, 0) is 37.6 Å². The normalized spacial score (nSPS) is 28.0. The van der Waals surface area contributed by atoms with Gasteiger partial charge in [-0.1, -0.05) is 60.7 Å². The number of benzene rings is 2. The van der Waals surface area contributed by atoms with Crippen molar-refractivity contribution >= 4 is 0 Å². The van der Waals surface area contributed by atoms with E-state index in [0.717, 1.165) is 39.0 Å². The molecule has 0 aliphatic carbocycles. The van der Waals surface area contributed by atoms with Crippen LogP contribution in [0.25, 0.3) is 0 Å². The van der Waals surface area contributed by atoms with E-state index >= 15 is 0 Å². The molecule has 132 valence electrons. The van der Waals surface area contributed by atoms with Gasteiger partial charge in [-0.25, -0.2) is 0 Å². The predicted molar refractivity (Wildman–Crippen MR) is 101 cm³/mol. The van der Waals surface area contributed by atoms with Crippen LogP contribution >= 0.6 is 0 Å². The maximum absolute atomic E-state index is 10.8. The Morgan fingerprint density at radius 2 is 1.52 bits per heavy atom. The van der Waals surface area contributed by atoms with Gasteiger partial charge >= 0.3 is 0 Å². The number of piperidine rings is 1. The van der Waals surface area contributed by atoms with Gasteiger partial charge in [0.05, 0.1) is 12.1 Å². The van der Waals surface area contributed by atoms with Crippen molar-refractivity contribution in [1.82, 2.24) is 9.80 Å². The highest BCUT2D eigenvalue weighted by atomic mass is 16.3. The summed E-state index contributed by atoms with van der Waals surface area (Å²) in [5, 5.41) is 10.8. The molecule has 3 heteroatoms. The Balaban J connectivity index is 1.65. The van der Waals surface area contributed by atoms with Crippen molar-refractivity contribution in [1.29, 1.82) is 0 Å². The number of hydrogen-bond acceptors (Lipinski definition) is 3. The molecule has 0 bridgehead atoms. The quantitative estimate of drug-likeness (QED) is 0.933. The molecule has 4 rings (SSSR count). The molecule has 2 saturated heterocycles. The average Bonchev–Trinajstić information content (AvgIpc) is 3.05. The molecule has 2 aliphatic rings. The molecule has 2 aliphatic heterocycles. The molecular formula is C22H28N2O. The molecule has 0 aromatic heterocycles. The first kappa shape index (κ1) is 16.8. The first-order chi connectivity index (χ1) is 12.2. The van der Waals surface area contributed by atoms with E-state index in [1.807, 2.05) is 0 Å². The maximum atomic E-state index is 10.8. The Bertz CT molecular complexity index is 650. The lowest BCUT2D eigenvalue weighted by Gasteiger charge is -2.43. The summed E-state index contributed by atoms with van der Waals surface area (Å²) >= 11 is 0. The van der Waals surface area contributed by atoms with Gasteiger partial charge in [0.25, 0.3) is 0 Å². The van der Waals surface area contributed by atoms with Gasteiger partial charge < -0.3 is 10.0 Å². The zero-order chi connectivity index (χ0) is 17.3. The minimum Gasteiger partial charge on any atom is -0.392 e. The smallest absolute Gasteiger partial charge is 0.0633 e. The van der Waals surface area contributed by atoms with Gasteiger partial charge in [0, 0.05) is 25.0 Å². The van der Waals surface area contributed by atoms with Crippen LogP contribution in [0.15, 0.2) is 60.7 Å². The summed E-state index contributed by atoms with van der Waals surface area (Å²) in [4.78, 5) is 4.96. The van der Waals surface area contributed by atoms with Crippen LogP contribution in [0.4, 0.5) is 0 Å². The number of likely N-dealkylation sites (tertiary alicyclic amines) is 2. The van der Waals surface area contributed by atoms with E-state index in [1.165, 1.54) is 11.1 Å². The summed E-state index contributed by atoms with van der Waals surface area (Å²) < 4.78 is 0. The van der Waals surface area contributed by atoms with Crippen molar-refractivity contribution in [3.05, 3.63) is 71.8 Å². The molecule has 2 atom stereocenters. The Hall–Kier alpha value is -1.68. The molecule has 0 radical (unpaired) electrons. The molecule has 0 saturated carbocycles. The van der Waals surface area contributed by atoms with Gasteiger partial charge in [0.1, 0.15) is 0 Å². The van der Waals surface area contributed by atoms with Crippen molar-refractivity contribution in [2.24, 2.45) is 5.41 Å². The maximum Gasteiger partial charge on any atom is 0.0633 e. The number of aliphatic hydroxyl groups is 1. The number of rotatable bonds is 3. The van der Waals surface area contributed by atoms with Crippen molar-refractivity contribution in [3.8, 4) is 0 Å². The molecule has 25 heavy (non-hydrogen) atoms. The number of nitrogens with zero attached hydrogens (tertiary/aromatic N) is 2. The molecule has 1 N–H and O–H groups in total. The zero-order valence-electron chi connectivity index (χ0n) is 15.0. The highest BCUT2D eigenvalue weighted by Crippen LogP contribution is 2.43. The highest BCUT2D eigenvalue weighted by Gasteiger charge is 2.48. The van der Waals surface area contributed by atoms with Crippen molar-refractivity contribution in [2.45, 2.75) is 25.0 Å². The van der Waals surface area contributed by atoms with E-state index in [-0.39, 0.29) is 17.6 Å². The molecule has 2 aromatic rings. The molecular weight excluding hydrogens is 308 g/mol. The monoisotopic (exact) mass is 336 g/mol. The SMILES string of the molecule is CN1CCC(O)C2(CCN(C(c3ccccc3)c3ccccc3)C2)C1. The summed E-state index contributed by atoms with van der Waals surface area (Å²) in [6.07, 6.45) is 1.79. The molecule has 3 nitrogen and oxygen atoms in total. The van der Waals surface area contributed by atoms with E-state index in [0.29, 0.717) is 0 Å². The topological polar surface area (TPSA) is 26.7 Å². The van der Waals surface area contributed by atoms with Crippen LogP contribution in [-0.4, -0.2) is 54.2 Å². The lowest BCUT2D eigenvalue weighted by atomic mass is 9.76. The van der Waals surface area contributed by atoms with Gasteiger partial charge in [-0.2, -0.15) is 0 Å². The summed E-state index contributed by atoms with van der Waals surface area (Å²) in [7, 11) is 2.18. The lowest BCUT2D eigenvalue weighted by molar-refractivity contribution is -0.0339. The van der Waals surface area contributed by atoms with Crippen molar-refractivity contribution < 1.29 is 5.11 Å².